The number of nitrogens with zero attached hydrogens (tertiary/aromatic N) is 11. The molecule has 7 fully saturated rings. The van der Waals surface area contributed by atoms with Gasteiger partial charge in [-0.25, -0.2) is 33.1 Å². The standard InChI is InChI=1S/3C26H35FN4O3.C15H25N3O2.CH4/c3*1-18(2)34-24-10-5-19(15-28-24)25(32)23(17-30-12-3-4-13-30)29-26(33)20-11-14-31(16-20)22-8-6-21(27)7-9-22;1-11(2)20-14-6-5-12(9-17-14)15(19)13(16)10-18-7-3-4-8-18;/h3*5-10,15,18,20,23,25,32H,3-4,11-14,16-17H2,1-2H3,(H,29,33);5-6,9,11,13,15,19H,3-4,7-8,10,16H2,1-2H3;1H4/t20?,23-,25-;20-,23+,25+;20-,23-,25-;13-,15-;/m1011./s1. The molecule has 0 radical (unpaired) electrons. The van der Waals surface area contributed by atoms with E-state index in [9.17, 15) is 48.0 Å². The van der Waals surface area contributed by atoms with Crippen molar-refractivity contribution in [1.82, 2.24) is 55.5 Å². The van der Waals surface area contributed by atoms with Gasteiger partial charge in [-0.15, -0.1) is 0 Å². The fourth-order valence-electron chi connectivity index (χ4n) is 16.7. The van der Waals surface area contributed by atoms with Gasteiger partial charge in [-0.1, -0.05) is 7.43 Å². The first-order chi connectivity index (χ1) is 58.7. The highest BCUT2D eigenvalue weighted by atomic mass is 19.1. The third-order valence-electron chi connectivity index (χ3n) is 23.2. The summed E-state index contributed by atoms with van der Waals surface area (Å²) >= 11 is 0. The zero-order valence-corrected chi connectivity index (χ0v) is 72.3. The molecule has 672 valence electrons. The fraction of sp³-hybridized carbons (Fsp3) is 0.564. The number of nitrogens with one attached hydrogen (secondary N) is 3. The molecule has 3 amide bonds. The second kappa shape index (κ2) is 47.7. The fourth-order valence-corrected chi connectivity index (χ4v) is 16.7. The summed E-state index contributed by atoms with van der Waals surface area (Å²) in [6.07, 6.45) is 14.8. The molecule has 0 bridgehead atoms. The van der Waals surface area contributed by atoms with Crippen molar-refractivity contribution in [3.8, 4) is 23.5 Å². The Morgan fingerprint density at radius 1 is 0.358 bits per heavy atom. The summed E-state index contributed by atoms with van der Waals surface area (Å²) in [6.45, 7) is 30.0. The number of ether oxygens (including phenoxy) is 4. The van der Waals surface area contributed by atoms with Crippen LogP contribution >= 0.6 is 0 Å². The number of nitrogens with two attached hydrogens (primary N) is 1. The zero-order chi connectivity index (χ0) is 86.8. The first-order valence-electron chi connectivity index (χ1n) is 44.0. The molecule has 4 aromatic heterocycles. The lowest BCUT2D eigenvalue weighted by Gasteiger charge is -2.29. The Balaban J connectivity index is 0.000000174. The number of halogens is 3. The summed E-state index contributed by atoms with van der Waals surface area (Å²) in [5.41, 5.74) is 11.5. The number of rotatable bonds is 33. The lowest BCUT2D eigenvalue weighted by atomic mass is 10.0. The molecule has 1 unspecified atom stereocenters. The molecular weight excluding hydrogens is 1570 g/mol. The predicted molar refractivity (Wildman–Crippen MR) is 473 cm³/mol. The highest BCUT2D eigenvalue weighted by molar-refractivity contribution is 5.82. The monoisotopic (exact) mass is 1710 g/mol. The van der Waals surface area contributed by atoms with Gasteiger partial charge >= 0.3 is 0 Å². The smallest absolute Gasteiger partial charge is 0.225 e. The number of hydrogen-bond donors (Lipinski definition) is 8. The summed E-state index contributed by atoms with van der Waals surface area (Å²) < 4.78 is 62.1. The number of anilines is 3. The number of carbonyl (C=O) groups excluding carboxylic acids is 3. The van der Waals surface area contributed by atoms with Gasteiger partial charge in [-0.05, 0) is 275 Å². The van der Waals surface area contributed by atoms with Crippen molar-refractivity contribution in [3.63, 3.8) is 0 Å². The number of pyridine rings is 4. The summed E-state index contributed by atoms with van der Waals surface area (Å²) in [6, 6.07) is 31.8. The lowest BCUT2D eigenvalue weighted by Crippen LogP contribution is -2.48. The summed E-state index contributed by atoms with van der Waals surface area (Å²) in [5.74, 6) is 0.590. The van der Waals surface area contributed by atoms with Gasteiger partial charge in [0.15, 0.2) is 0 Å². The number of aliphatic hydroxyl groups is 4. The molecule has 14 rings (SSSR count). The van der Waals surface area contributed by atoms with Gasteiger partial charge in [0.2, 0.25) is 41.2 Å². The van der Waals surface area contributed by atoms with Gasteiger partial charge in [0, 0.05) is 160 Å². The van der Waals surface area contributed by atoms with Crippen molar-refractivity contribution in [2.75, 3.05) is 133 Å². The maximum Gasteiger partial charge on any atom is 0.225 e. The minimum atomic E-state index is -0.875. The molecule has 7 aliphatic rings. The van der Waals surface area contributed by atoms with E-state index in [0.29, 0.717) is 79.5 Å². The number of carbonyl (C=O) groups is 3. The van der Waals surface area contributed by atoms with Gasteiger partial charge in [-0.2, -0.15) is 0 Å². The highest BCUT2D eigenvalue weighted by Crippen LogP contribution is 2.32. The first kappa shape index (κ1) is 95.9. The minimum Gasteiger partial charge on any atom is -0.475 e. The van der Waals surface area contributed by atoms with Crippen molar-refractivity contribution >= 4 is 34.8 Å². The average Bonchev–Trinajstić information content (AvgIpc) is 1.69. The van der Waals surface area contributed by atoms with Crippen LogP contribution in [-0.4, -0.2) is 244 Å². The van der Waals surface area contributed by atoms with Crippen LogP contribution in [0.5, 0.6) is 23.5 Å². The molecule has 7 aromatic rings. The summed E-state index contributed by atoms with van der Waals surface area (Å²) in [7, 11) is 0. The molecule has 0 aliphatic carbocycles. The van der Waals surface area contributed by atoms with Gasteiger partial charge in [0.1, 0.15) is 35.8 Å². The molecule has 3 aromatic carbocycles. The van der Waals surface area contributed by atoms with Gasteiger partial charge < -0.3 is 95.4 Å². The van der Waals surface area contributed by atoms with E-state index in [2.05, 4.69) is 70.2 Å². The largest absolute Gasteiger partial charge is 0.475 e. The quantitative estimate of drug-likeness (QED) is 0.0190. The van der Waals surface area contributed by atoms with Crippen LogP contribution in [0.1, 0.15) is 180 Å². The van der Waals surface area contributed by atoms with Gasteiger partial charge in [-0.3, -0.25) is 14.4 Å². The van der Waals surface area contributed by atoms with Crippen LogP contribution in [0.3, 0.4) is 0 Å². The van der Waals surface area contributed by atoms with Crippen LogP contribution in [0.2, 0.25) is 0 Å². The maximum absolute atomic E-state index is 13.3. The molecule has 26 nitrogen and oxygen atoms in total. The highest BCUT2D eigenvalue weighted by Gasteiger charge is 2.38. The van der Waals surface area contributed by atoms with E-state index in [0.717, 1.165) is 159 Å². The van der Waals surface area contributed by atoms with Crippen molar-refractivity contribution < 1.29 is 66.9 Å². The Morgan fingerprint density at radius 2 is 0.585 bits per heavy atom. The number of benzene rings is 3. The normalized spacial score (nSPS) is 20.1. The molecule has 9 N–H and O–H groups in total. The van der Waals surface area contributed by atoms with Gasteiger partial charge in [0.25, 0.3) is 0 Å². The van der Waals surface area contributed by atoms with Crippen LogP contribution in [0.25, 0.3) is 0 Å². The van der Waals surface area contributed by atoms with Crippen LogP contribution in [0.4, 0.5) is 30.2 Å². The van der Waals surface area contributed by atoms with Crippen molar-refractivity contribution in [3.05, 3.63) is 186 Å². The molecular formula is C94H134F3N15O11. The van der Waals surface area contributed by atoms with Gasteiger partial charge in [0.05, 0.1) is 66.4 Å². The average molecular weight is 1710 g/mol. The van der Waals surface area contributed by atoms with E-state index >= 15 is 0 Å². The third-order valence-corrected chi connectivity index (χ3v) is 23.2. The lowest BCUT2D eigenvalue weighted by molar-refractivity contribution is -0.127. The molecule has 0 spiro atoms. The van der Waals surface area contributed by atoms with Crippen molar-refractivity contribution in [1.29, 1.82) is 0 Å². The zero-order valence-electron chi connectivity index (χ0n) is 72.3. The Bertz CT molecular complexity index is 3890. The topological polar surface area (TPSA) is 305 Å². The SMILES string of the molecule is C.CC(C)Oc1ccc([C@@H](O)[C@@H](CN2CCCC2)NC(=O)C2CCN(c3ccc(F)cc3)C2)cn1.CC(C)Oc1ccc([C@@H](O)[C@@H](CN2CCCC2)NC(=O)[C@@H]2CCN(c3ccc(F)cc3)C2)cn1.CC(C)Oc1ccc([C@@H](O)[C@@H](CN2CCCC2)NC(=O)[C@H]2CCN(c3ccc(F)cc3)C2)cn1.CC(C)Oc1ccc([C@@H](O)[C@H](N)CN2CCCC2)cn1. The first-order valence-corrected chi connectivity index (χ1v) is 44.0. The third kappa shape index (κ3) is 29.7. The van der Waals surface area contributed by atoms with Crippen LogP contribution in [-0.2, 0) is 14.4 Å². The second-order valence-electron chi connectivity index (χ2n) is 34.4. The molecule has 11 atom stereocenters. The number of hydrogen-bond acceptors (Lipinski definition) is 23. The number of amides is 3. The van der Waals surface area contributed by atoms with E-state index in [-0.39, 0.29) is 90.8 Å². The number of likely N-dealkylation sites (tertiary alicyclic amines) is 4. The second-order valence-corrected chi connectivity index (χ2v) is 34.4. The minimum absolute atomic E-state index is 0. The van der Waals surface area contributed by atoms with E-state index in [1.807, 2.05) is 79.7 Å². The molecule has 29 heteroatoms. The Hall–Kier alpha value is -9.30. The van der Waals surface area contributed by atoms with Crippen molar-refractivity contribution in [2.45, 2.75) is 206 Å². The molecule has 7 aliphatic heterocycles. The van der Waals surface area contributed by atoms with E-state index in [1.165, 1.54) is 49.2 Å². The predicted octanol–water partition coefficient (Wildman–Crippen LogP) is 11.4. The molecule has 123 heavy (non-hydrogen) atoms. The summed E-state index contributed by atoms with van der Waals surface area (Å²) in [4.78, 5) is 72.3. The van der Waals surface area contributed by atoms with E-state index < -0.39 is 42.5 Å². The van der Waals surface area contributed by atoms with Crippen LogP contribution in [0.15, 0.2) is 146 Å². The summed E-state index contributed by atoms with van der Waals surface area (Å²) in [5, 5.41) is 53.3. The van der Waals surface area contributed by atoms with Crippen LogP contribution < -0.4 is 55.3 Å². The van der Waals surface area contributed by atoms with Crippen molar-refractivity contribution in [2.24, 2.45) is 23.5 Å². The Kier molecular flexibility index (Phi) is 37.2. The van der Waals surface area contributed by atoms with E-state index in [4.69, 9.17) is 24.7 Å². The molecule has 0 saturated carbocycles. The Morgan fingerprint density at radius 3 is 0.805 bits per heavy atom. The number of aromatic nitrogens is 4. The molecule has 11 heterocycles. The van der Waals surface area contributed by atoms with E-state index in [1.54, 1.807) is 85.5 Å². The maximum atomic E-state index is 13.3. The Labute approximate surface area is 725 Å². The van der Waals surface area contributed by atoms with Crippen LogP contribution in [0, 0.1) is 35.2 Å². The number of aliphatic hydroxyl groups excluding tert-OH is 4. The molecule has 7 saturated heterocycles.